The second-order valence-corrected chi connectivity index (χ2v) is 5.62. The van der Waals surface area contributed by atoms with Gasteiger partial charge in [-0.3, -0.25) is 5.32 Å². The molecule has 1 fully saturated rings. The van der Waals surface area contributed by atoms with E-state index in [1.807, 2.05) is 6.92 Å². The Labute approximate surface area is 112 Å². The summed E-state index contributed by atoms with van der Waals surface area (Å²) < 4.78 is 0. The van der Waals surface area contributed by atoms with E-state index in [4.69, 9.17) is 0 Å². The Balaban J connectivity index is 2.21. The van der Waals surface area contributed by atoms with E-state index < -0.39 is 0 Å². The molecule has 1 saturated heterocycles. The lowest BCUT2D eigenvalue weighted by atomic mass is 9.97. The van der Waals surface area contributed by atoms with Crippen LogP contribution in [-0.4, -0.2) is 61.7 Å². The highest BCUT2D eigenvalue weighted by Crippen LogP contribution is 2.12. The first-order chi connectivity index (χ1) is 8.59. The van der Waals surface area contributed by atoms with Crippen LogP contribution in [0.1, 0.15) is 33.1 Å². The molecule has 0 aromatic rings. The van der Waals surface area contributed by atoms with Gasteiger partial charge in [0.15, 0.2) is 0 Å². The first kappa shape index (κ1) is 15.4. The van der Waals surface area contributed by atoms with Crippen LogP contribution in [-0.2, 0) is 0 Å². The topological polar surface area (TPSA) is 42.3 Å². The fourth-order valence-corrected chi connectivity index (χ4v) is 2.31. The van der Waals surface area contributed by atoms with Crippen molar-refractivity contribution >= 4 is 0 Å². The smallest absolute Gasteiger partial charge is 0.103 e. The summed E-state index contributed by atoms with van der Waals surface area (Å²) >= 11 is 0. The minimum absolute atomic E-state index is 0.345. The van der Waals surface area contributed by atoms with Gasteiger partial charge in [0.05, 0.1) is 6.07 Å². The van der Waals surface area contributed by atoms with Crippen LogP contribution in [0.3, 0.4) is 0 Å². The molecule has 4 heteroatoms. The Kier molecular flexibility index (Phi) is 6.62. The number of piperazine rings is 1. The summed E-state index contributed by atoms with van der Waals surface area (Å²) in [6.07, 6.45) is 3.12. The standard InChI is InChI=1S/C14H28N4/c1-4-7-16-14(2,13-15)6-5-8-18-11-9-17(3)10-12-18/h16H,4-12H2,1-3H3. The number of hydrogen-bond acceptors (Lipinski definition) is 4. The monoisotopic (exact) mass is 252 g/mol. The van der Waals surface area contributed by atoms with Crippen molar-refractivity contribution in [1.82, 2.24) is 15.1 Å². The van der Waals surface area contributed by atoms with Crippen LogP contribution in [0.2, 0.25) is 0 Å². The molecule has 18 heavy (non-hydrogen) atoms. The SMILES string of the molecule is CCCNC(C)(C#N)CCCN1CCN(C)CC1. The summed E-state index contributed by atoms with van der Waals surface area (Å²) in [5.74, 6) is 0. The maximum atomic E-state index is 9.25. The zero-order chi connectivity index (χ0) is 13.4. The molecular weight excluding hydrogens is 224 g/mol. The molecule has 1 unspecified atom stereocenters. The molecule has 1 aliphatic rings. The van der Waals surface area contributed by atoms with E-state index in [9.17, 15) is 5.26 Å². The van der Waals surface area contributed by atoms with Crippen molar-refractivity contribution in [2.75, 3.05) is 46.3 Å². The molecule has 0 aliphatic carbocycles. The van der Waals surface area contributed by atoms with Gasteiger partial charge in [-0.2, -0.15) is 5.26 Å². The highest BCUT2D eigenvalue weighted by atomic mass is 15.2. The summed E-state index contributed by atoms with van der Waals surface area (Å²) in [4.78, 5) is 4.89. The molecule has 1 aliphatic heterocycles. The van der Waals surface area contributed by atoms with E-state index in [1.54, 1.807) is 0 Å². The van der Waals surface area contributed by atoms with Gasteiger partial charge in [-0.15, -0.1) is 0 Å². The molecular formula is C14H28N4. The van der Waals surface area contributed by atoms with Crippen molar-refractivity contribution < 1.29 is 0 Å². The number of nitrogens with one attached hydrogen (secondary N) is 1. The van der Waals surface area contributed by atoms with Gasteiger partial charge in [0.1, 0.15) is 5.54 Å². The lowest BCUT2D eigenvalue weighted by Gasteiger charge is -2.33. The number of hydrogen-bond donors (Lipinski definition) is 1. The van der Waals surface area contributed by atoms with E-state index >= 15 is 0 Å². The van der Waals surface area contributed by atoms with E-state index in [0.717, 1.165) is 32.4 Å². The van der Waals surface area contributed by atoms with Crippen LogP contribution in [0.15, 0.2) is 0 Å². The molecule has 4 nitrogen and oxygen atoms in total. The Morgan fingerprint density at radius 2 is 1.94 bits per heavy atom. The summed E-state index contributed by atoms with van der Waals surface area (Å²) in [6.45, 7) is 10.9. The summed E-state index contributed by atoms with van der Waals surface area (Å²) in [5.41, 5.74) is -0.345. The van der Waals surface area contributed by atoms with E-state index in [2.05, 4.69) is 35.2 Å². The molecule has 1 N–H and O–H groups in total. The highest BCUT2D eigenvalue weighted by molar-refractivity contribution is 5.03. The average molecular weight is 252 g/mol. The van der Waals surface area contributed by atoms with Gasteiger partial charge in [0, 0.05) is 26.2 Å². The Morgan fingerprint density at radius 3 is 2.50 bits per heavy atom. The Hall–Kier alpha value is -0.630. The molecule has 1 rings (SSSR count). The molecule has 104 valence electrons. The van der Waals surface area contributed by atoms with Crippen molar-refractivity contribution in [2.24, 2.45) is 0 Å². The van der Waals surface area contributed by atoms with Crippen LogP contribution in [0, 0.1) is 11.3 Å². The van der Waals surface area contributed by atoms with E-state index in [0.29, 0.717) is 0 Å². The van der Waals surface area contributed by atoms with Crippen molar-refractivity contribution in [3.05, 3.63) is 0 Å². The van der Waals surface area contributed by atoms with Crippen LogP contribution < -0.4 is 5.32 Å². The minimum Gasteiger partial charge on any atom is -0.304 e. The third kappa shape index (κ3) is 5.34. The third-order valence-electron chi connectivity index (χ3n) is 3.76. The zero-order valence-corrected chi connectivity index (χ0v) is 12.2. The van der Waals surface area contributed by atoms with E-state index in [-0.39, 0.29) is 5.54 Å². The van der Waals surface area contributed by atoms with Crippen molar-refractivity contribution in [3.8, 4) is 6.07 Å². The van der Waals surface area contributed by atoms with E-state index in [1.165, 1.54) is 26.2 Å². The normalized spacial score (nSPS) is 21.4. The molecule has 1 atom stereocenters. The number of likely N-dealkylation sites (N-methyl/N-ethyl adjacent to an activating group) is 1. The molecule has 0 saturated carbocycles. The number of rotatable bonds is 7. The molecule has 0 amide bonds. The third-order valence-corrected chi connectivity index (χ3v) is 3.76. The van der Waals surface area contributed by atoms with Gasteiger partial charge in [-0.05, 0) is 46.3 Å². The van der Waals surface area contributed by atoms with Crippen molar-refractivity contribution in [3.63, 3.8) is 0 Å². The second-order valence-electron chi connectivity index (χ2n) is 5.62. The summed E-state index contributed by atoms with van der Waals surface area (Å²) in [5, 5.41) is 12.6. The van der Waals surface area contributed by atoms with Crippen molar-refractivity contribution in [2.45, 2.75) is 38.6 Å². The van der Waals surface area contributed by atoms with Gasteiger partial charge < -0.3 is 9.80 Å². The van der Waals surface area contributed by atoms with Gasteiger partial charge in [-0.1, -0.05) is 6.92 Å². The minimum atomic E-state index is -0.345. The maximum absolute atomic E-state index is 9.25. The summed E-state index contributed by atoms with van der Waals surface area (Å²) in [7, 11) is 2.18. The molecule has 0 aromatic carbocycles. The fraction of sp³-hybridized carbons (Fsp3) is 0.929. The molecule has 1 heterocycles. The number of nitriles is 1. The van der Waals surface area contributed by atoms with Crippen LogP contribution in [0.4, 0.5) is 0 Å². The average Bonchev–Trinajstić information content (AvgIpc) is 2.39. The number of nitrogens with zero attached hydrogens (tertiary/aromatic N) is 3. The van der Waals surface area contributed by atoms with Gasteiger partial charge in [-0.25, -0.2) is 0 Å². The highest BCUT2D eigenvalue weighted by Gasteiger charge is 2.22. The van der Waals surface area contributed by atoms with Gasteiger partial charge in [0.2, 0.25) is 0 Å². The molecule has 0 radical (unpaired) electrons. The first-order valence-electron chi connectivity index (χ1n) is 7.17. The van der Waals surface area contributed by atoms with Gasteiger partial charge >= 0.3 is 0 Å². The van der Waals surface area contributed by atoms with Gasteiger partial charge in [0.25, 0.3) is 0 Å². The largest absolute Gasteiger partial charge is 0.304 e. The molecule has 0 bridgehead atoms. The van der Waals surface area contributed by atoms with Crippen LogP contribution in [0.5, 0.6) is 0 Å². The Bertz CT molecular complexity index is 265. The second kappa shape index (κ2) is 7.73. The summed E-state index contributed by atoms with van der Waals surface area (Å²) in [6, 6.07) is 2.42. The fourth-order valence-electron chi connectivity index (χ4n) is 2.31. The molecule has 0 spiro atoms. The van der Waals surface area contributed by atoms with Crippen LogP contribution in [0.25, 0.3) is 0 Å². The quantitative estimate of drug-likeness (QED) is 0.741. The van der Waals surface area contributed by atoms with Crippen LogP contribution >= 0.6 is 0 Å². The zero-order valence-electron chi connectivity index (χ0n) is 12.2. The lowest BCUT2D eigenvalue weighted by Crippen LogP contribution is -2.46. The Morgan fingerprint density at radius 1 is 1.28 bits per heavy atom. The maximum Gasteiger partial charge on any atom is 0.103 e. The van der Waals surface area contributed by atoms with Crippen molar-refractivity contribution in [1.29, 1.82) is 5.26 Å². The molecule has 0 aromatic heterocycles. The lowest BCUT2D eigenvalue weighted by molar-refractivity contribution is 0.150. The predicted octanol–water partition coefficient (Wildman–Crippen LogP) is 1.30. The predicted molar refractivity (Wildman–Crippen MR) is 75.5 cm³/mol. The first-order valence-corrected chi connectivity index (χ1v) is 7.17.